The summed E-state index contributed by atoms with van der Waals surface area (Å²) in [6.45, 7) is 9.52. The molecule has 0 aromatic rings. The van der Waals surface area contributed by atoms with E-state index in [1.54, 1.807) is 4.90 Å². The molecule has 0 saturated carbocycles. The van der Waals surface area contributed by atoms with Crippen molar-refractivity contribution in [1.29, 1.82) is 0 Å². The van der Waals surface area contributed by atoms with Gasteiger partial charge in [0.1, 0.15) is 11.9 Å². The molecule has 0 aromatic heterocycles. The predicted molar refractivity (Wildman–Crippen MR) is 77.6 cm³/mol. The van der Waals surface area contributed by atoms with Crippen LogP contribution in [0.25, 0.3) is 0 Å². The van der Waals surface area contributed by atoms with Gasteiger partial charge in [-0.05, 0) is 33.7 Å². The van der Waals surface area contributed by atoms with E-state index in [9.17, 15) is 9.59 Å². The van der Waals surface area contributed by atoms with Gasteiger partial charge >= 0.3 is 6.09 Å². The fourth-order valence-electron chi connectivity index (χ4n) is 1.85. The van der Waals surface area contributed by atoms with Gasteiger partial charge in [-0.25, -0.2) is 4.79 Å². The number of ether oxygens (including phenoxy) is 1. The van der Waals surface area contributed by atoms with Crippen molar-refractivity contribution < 1.29 is 14.3 Å². The Bertz CT molecular complexity index is 310. The lowest BCUT2D eigenvalue weighted by Gasteiger charge is -2.35. The van der Waals surface area contributed by atoms with Crippen LogP contribution in [-0.2, 0) is 9.53 Å². The summed E-state index contributed by atoms with van der Waals surface area (Å²) < 4.78 is 5.34. The molecule has 0 aromatic carbocycles. The third kappa shape index (κ3) is 6.38. The van der Waals surface area contributed by atoms with Gasteiger partial charge in [-0.3, -0.25) is 4.90 Å². The summed E-state index contributed by atoms with van der Waals surface area (Å²) in [5.74, 6) is 0. The van der Waals surface area contributed by atoms with Gasteiger partial charge in [-0.2, -0.15) is 0 Å². The lowest BCUT2D eigenvalue weighted by Crippen LogP contribution is -2.50. The highest BCUT2D eigenvalue weighted by Gasteiger charge is 2.25. The Morgan fingerprint density at radius 3 is 2.37 bits per heavy atom. The number of carbonyl (C=O) groups is 2. The van der Waals surface area contributed by atoms with Crippen molar-refractivity contribution in [1.82, 2.24) is 9.80 Å². The van der Waals surface area contributed by atoms with Crippen LogP contribution in [0.3, 0.4) is 0 Å². The van der Waals surface area contributed by atoms with Gasteiger partial charge in [-0.15, -0.1) is 0 Å². The molecule has 0 spiro atoms. The van der Waals surface area contributed by atoms with Crippen molar-refractivity contribution in [2.24, 2.45) is 0 Å². The fraction of sp³-hybridized carbons (Fsp3) is 0.846. The number of carbonyl (C=O) groups excluding carboxylic acids is 2. The zero-order chi connectivity index (χ0) is 14.5. The molecule has 0 N–H and O–H groups in total. The predicted octanol–water partition coefficient (Wildman–Crippen LogP) is 1.89. The molecule has 0 radical (unpaired) electrons. The average Bonchev–Trinajstić information content (AvgIpc) is 2.34. The van der Waals surface area contributed by atoms with Crippen LogP contribution < -0.4 is 0 Å². The molecule has 5 nitrogen and oxygen atoms in total. The van der Waals surface area contributed by atoms with Crippen LogP contribution >= 0.6 is 15.9 Å². The number of hydrogen-bond donors (Lipinski definition) is 0. The molecule has 6 heteroatoms. The summed E-state index contributed by atoms with van der Waals surface area (Å²) in [5, 5.41) is 0. The second-order valence-electron chi connectivity index (χ2n) is 5.75. The lowest BCUT2D eigenvalue weighted by molar-refractivity contribution is -0.107. The van der Waals surface area contributed by atoms with Crippen LogP contribution in [-0.4, -0.2) is 65.3 Å². The van der Waals surface area contributed by atoms with Crippen molar-refractivity contribution in [2.75, 3.05) is 32.7 Å². The molecule has 1 aliphatic rings. The van der Waals surface area contributed by atoms with Gasteiger partial charge in [0, 0.05) is 26.2 Å². The van der Waals surface area contributed by atoms with E-state index in [0.717, 1.165) is 32.3 Å². The number of amides is 1. The number of halogens is 1. The molecule has 1 saturated heterocycles. The molecule has 1 atom stereocenters. The van der Waals surface area contributed by atoms with E-state index in [1.165, 1.54) is 0 Å². The highest BCUT2D eigenvalue weighted by atomic mass is 79.9. The van der Waals surface area contributed by atoms with Crippen LogP contribution in [0, 0.1) is 0 Å². The van der Waals surface area contributed by atoms with Crippen LogP contribution in [0.15, 0.2) is 0 Å². The zero-order valence-electron chi connectivity index (χ0n) is 11.9. The van der Waals surface area contributed by atoms with Gasteiger partial charge in [0.25, 0.3) is 0 Å². The first-order valence-electron chi connectivity index (χ1n) is 6.61. The van der Waals surface area contributed by atoms with Crippen LogP contribution in [0.1, 0.15) is 27.2 Å². The molecule has 1 heterocycles. The van der Waals surface area contributed by atoms with Crippen molar-refractivity contribution >= 4 is 28.3 Å². The molecule has 19 heavy (non-hydrogen) atoms. The van der Waals surface area contributed by atoms with E-state index >= 15 is 0 Å². The first kappa shape index (κ1) is 16.4. The number of nitrogens with zero attached hydrogens (tertiary/aromatic N) is 2. The third-order valence-corrected chi connectivity index (χ3v) is 3.57. The number of piperazine rings is 1. The first-order chi connectivity index (χ1) is 8.81. The van der Waals surface area contributed by atoms with Crippen molar-refractivity contribution in [3.05, 3.63) is 0 Å². The van der Waals surface area contributed by atoms with Gasteiger partial charge in [0.05, 0.1) is 4.83 Å². The standard InChI is InChI=1S/C13H23BrN2O3/c1-13(2,3)19-12(18)16-8-6-15(7-9-16)5-4-11(14)10-17/h10-11H,4-9H2,1-3H3. The Kier molecular flexibility index (Phi) is 6.26. The Hall–Kier alpha value is -0.620. The average molecular weight is 335 g/mol. The minimum absolute atomic E-state index is 0.0728. The molecule has 1 rings (SSSR count). The summed E-state index contributed by atoms with van der Waals surface area (Å²) >= 11 is 3.29. The van der Waals surface area contributed by atoms with E-state index in [0.29, 0.717) is 13.1 Å². The molecular weight excluding hydrogens is 312 g/mol. The number of hydrogen-bond acceptors (Lipinski definition) is 4. The maximum absolute atomic E-state index is 11.9. The summed E-state index contributed by atoms with van der Waals surface area (Å²) in [6.07, 6.45) is 1.48. The zero-order valence-corrected chi connectivity index (χ0v) is 13.5. The number of aldehydes is 1. The topological polar surface area (TPSA) is 49.9 Å². The van der Waals surface area contributed by atoms with Crippen molar-refractivity contribution in [3.63, 3.8) is 0 Å². The Balaban J connectivity index is 2.28. The Morgan fingerprint density at radius 2 is 1.89 bits per heavy atom. The second-order valence-corrected chi connectivity index (χ2v) is 6.93. The largest absolute Gasteiger partial charge is 0.444 e. The Morgan fingerprint density at radius 1 is 1.32 bits per heavy atom. The van der Waals surface area contributed by atoms with Crippen molar-refractivity contribution in [2.45, 2.75) is 37.6 Å². The molecule has 1 fully saturated rings. The fourth-order valence-corrected chi connectivity index (χ4v) is 2.06. The molecule has 1 aliphatic heterocycles. The van der Waals surface area contributed by atoms with E-state index in [-0.39, 0.29) is 10.9 Å². The number of rotatable bonds is 4. The van der Waals surface area contributed by atoms with Crippen LogP contribution in [0.4, 0.5) is 4.79 Å². The van der Waals surface area contributed by atoms with E-state index in [4.69, 9.17) is 4.74 Å². The SMILES string of the molecule is CC(C)(C)OC(=O)N1CCN(CCC(Br)C=O)CC1. The van der Waals surface area contributed by atoms with Gasteiger partial charge in [-0.1, -0.05) is 15.9 Å². The smallest absolute Gasteiger partial charge is 0.410 e. The third-order valence-electron chi connectivity index (χ3n) is 2.89. The lowest BCUT2D eigenvalue weighted by atomic mass is 10.2. The summed E-state index contributed by atoms with van der Waals surface area (Å²) in [6, 6.07) is 0. The molecule has 110 valence electrons. The highest BCUT2D eigenvalue weighted by molar-refractivity contribution is 9.09. The molecule has 1 unspecified atom stereocenters. The quantitative estimate of drug-likeness (QED) is 0.582. The highest BCUT2D eigenvalue weighted by Crippen LogP contribution is 2.12. The summed E-state index contributed by atoms with van der Waals surface area (Å²) in [7, 11) is 0. The first-order valence-corrected chi connectivity index (χ1v) is 7.53. The normalized spacial score (nSPS) is 19.1. The van der Waals surface area contributed by atoms with Crippen molar-refractivity contribution in [3.8, 4) is 0 Å². The van der Waals surface area contributed by atoms with Crippen LogP contribution in [0.5, 0.6) is 0 Å². The summed E-state index contributed by atoms with van der Waals surface area (Å²) in [4.78, 5) is 26.3. The van der Waals surface area contributed by atoms with E-state index in [2.05, 4.69) is 20.8 Å². The maximum Gasteiger partial charge on any atom is 0.410 e. The van der Waals surface area contributed by atoms with Crippen LogP contribution in [0.2, 0.25) is 0 Å². The van der Waals surface area contributed by atoms with Gasteiger partial charge in [0.15, 0.2) is 0 Å². The van der Waals surface area contributed by atoms with Gasteiger partial charge < -0.3 is 14.4 Å². The molecular formula is C13H23BrN2O3. The maximum atomic E-state index is 11.9. The van der Waals surface area contributed by atoms with E-state index < -0.39 is 5.60 Å². The molecule has 0 bridgehead atoms. The van der Waals surface area contributed by atoms with E-state index in [1.807, 2.05) is 20.8 Å². The monoisotopic (exact) mass is 334 g/mol. The number of alkyl halides is 1. The summed E-state index contributed by atoms with van der Waals surface area (Å²) in [5.41, 5.74) is -0.443. The Labute approximate surface area is 123 Å². The minimum atomic E-state index is -0.443. The minimum Gasteiger partial charge on any atom is -0.444 e. The van der Waals surface area contributed by atoms with Gasteiger partial charge in [0.2, 0.25) is 0 Å². The second kappa shape index (κ2) is 7.24. The molecule has 0 aliphatic carbocycles. The molecule has 1 amide bonds.